The zero-order valence-electron chi connectivity index (χ0n) is 7.37. The molecule has 14 heavy (non-hydrogen) atoms. The molecule has 1 heterocycles. The van der Waals surface area contributed by atoms with Gasteiger partial charge in [0.25, 0.3) is 0 Å². The highest BCUT2D eigenvalue weighted by Gasteiger charge is 2.10. The summed E-state index contributed by atoms with van der Waals surface area (Å²) in [6, 6.07) is 8.91. The van der Waals surface area contributed by atoms with E-state index in [4.69, 9.17) is 5.26 Å². The Morgan fingerprint density at radius 1 is 1.36 bits per heavy atom. The first kappa shape index (κ1) is 8.48. The van der Waals surface area contributed by atoms with Gasteiger partial charge < -0.3 is 10.7 Å². The zero-order chi connectivity index (χ0) is 10.1. The molecule has 0 aliphatic rings. The second kappa shape index (κ2) is 2.98. The van der Waals surface area contributed by atoms with E-state index in [2.05, 4.69) is 10.7 Å². The molecule has 2 rings (SSSR count). The van der Waals surface area contributed by atoms with E-state index >= 15 is 0 Å². The lowest BCUT2D eigenvalue weighted by atomic mass is 10.1. The van der Waals surface area contributed by atoms with Crippen molar-refractivity contribution < 1.29 is 5.73 Å². The number of quaternary nitrogens is 1. The van der Waals surface area contributed by atoms with E-state index in [1.165, 1.54) is 0 Å². The van der Waals surface area contributed by atoms with Gasteiger partial charge in [-0.15, -0.1) is 0 Å². The first-order valence-electron chi connectivity index (χ1n) is 4.11. The number of H-pyrrole nitrogens is 1. The van der Waals surface area contributed by atoms with Crippen molar-refractivity contribution in [1.82, 2.24) is 4.98 Å². The van der Waals surface area contributed by atoms with Gasteiger partial charge >= 0.3 is 0 Å². The molecule has 4 N–H and O–H groups in total. The number of hydrogen-bond acceptors (Lipinski definition) is 2. The minimum Gasteiger partial charge on any atom is -0.309 e. The Hall–Kier alpha value is -2.12. The molecule has 0 bridgehead atoms. The summed E-state index contributed by atoms with van der Waals surface area (Å²) in [4.78, 5) is 14.6. The van der Waals surface area contributed by atoms with Crippen molar-refractivity contribution in [3.05, 3.63) is 40.1 Å². The Kier molecular flexibility index (Phi) is 1.80. The molecule has 0 aliphatic heterocycles. The van der Waals surface area contributed by atoms with Gasteiger partial charge in [-0.05, 0) is 12.1 Å². The summed E-state index contributed by atoms with van der Waals surface area (Å²) in [5.41, 5.74) is 4.16. The lowest BCUT2D eigenvalue weighted by molar-refractivity contribution is -0.260. The van der Waals surface area contributed by atoms with Crippen LogP contribution in [0.15, 0.2) is 29.1 Å². The van der Waals surface area contributed by atoms with Crippen LogP contribution in [-0.2, 0) is 0 Å². The van der Waals surface area contributed by atoms with E-state index in [9.17, 15) is 4.79 Å². The molecule has 4 heteroatoms. The smallest absolute Gasteiger partial charge is 0.223 e. The van der Waals surface area contributed by atoms with Crippen molar-refractivity contribution in [1.29, 1.82) is 5.26 Å². The Bertz CT molecular complexity index is 592. The molecule has 1 aromatic heterocycles. The molecule has 2 aromatic rings. The van der Waals surface area contributed by atoms with E-state index in [1.54, 1.807) is 18.2 Å². The number of aromatic amines is 1. The molecule has 0 saturated heterocycles. The third-order valence-corrected chi connectivity index (χ3v) is 2.10. The largest absolute Gasteiger partial charge is 0.309 e. The summed E-state index contributed by atoms with van der Waals surface area (Å²) >= 11 is 0. The lowest BCUT2D eigenvalue weighted by Crippen LogP contribution is -2.44. The number of nitrogens with zero attached hydrogens (tertiary/aromatic N) is 1. The van der Waals surface area contributed by atoms with Crippen LogP contribution in [-0.4, -0.2) is 4.98 Å². The molecule has 4 nitrogen and oxygen atoms in total. The molecule has 0 aliphatic carbocycles. The number of fused-ring (bicyclic) bond motifs is 1. The fraction of sp³-hybridized carbons (Fsp3) is 0. The van der Waals surface area contributed by atoms with Crippen molar-refractivity contribution >= 4 is 16.7 Å². The van der Waals surface area contributed by atoms with Gasteiger partial charge in [0.05, 0.1) is 5.52 Å². The van der Waals surface area contributed by atoms with Gasteiger partial charge in [0.15, 0.2) is 5.56 Å². The quantitative estimate of drug-likeness (QED) is 0.619. The second-order valence-electron chi connectivity index (χ2n) is 2.97. The van der Waals surface area contributed by atoms with Crippen molar-refractivity contribution in [2.45, 2.75) is 0 Å². The van der Waals surface area contributed by atoms with Crippen LogP contribution in [0, 0.1) is 11.3 Å². The number of para-hydroxylation sites is 1. The molecule has 1 aromatic carbocycles. The molecule has 0 fully saturated rings. The predicted molar refractivity (Wildman–Crippen MR) is 51.8 cm³/mol. The highest BCUT2D eigenvalue weighted by Crippen LogP contribution is 2.10. The second-order valence-corrected chi connectivity index (χ2v) is 2.97. The SMILES string of the molecule is N#Cc1c([NH3+])[nH]c2ccccc2c1=O. The first-order valence-corrected chi connectivity index (χ1v) is 4.11. The zero-order valence-corrected chi connectivity index (χ0v) is 7.37. The van der Waals surface area contributed by atoms with Crippen LogP contribution < -0.4 is 11.2 Å². The van der Waals surface area contributed by atoms with Crippen molar-refractivity contribution in [2.24, 2.45) is 0 Å². The van der Waals surface area contributed by atoms with Crippen LogP contribution in [0.4, 0.5) is 5.82 Å². The lowest BCUT2D eigenvalue weighted by Gasteiger charge is -1.98. The van der Waals surface area contributed by atoms with Crippen LogP contribution in [0.1, 0.15) is 5.56 Å². The van der Waals surface area contributed by atoms with Gasteiger partial charge in [-0.1, -0.05) is 12.1 Å². The summed E-state index contributed by atoms with van der Waals surface area (Å²) < 4.78 is 0. The normalized spacial score (nSPS) is 10.0. The van der Waals surface area contributed by atoms with E-state index in [-0.39, 0.29) is 11.0 Å². The standard InChI is InChI=1S/C10H7N3O/c11-5-7-9(14)6-3-1-2-4-8(6)13-10(7)12/h1-4H,(H3,12,13,14)/p+1. The van der Waals surface area contributed by atoms with Crippen LogP contribution in [0.3, 0.4) is 0 Å². The molecular weight excluding hydrogens is 178 g/mol. The Balaban J connectivity index is 3.03. The molecule has 0 amide bonds. The maximum atomic E-state index is 11.7. The summed E-state index contributed by atoms with van der Waals surface area (Å²) in [6.07, 6.45) is 0. The van der Waals surface area contributed by atoms with Gasteiger partial charge in [0.2, 0.25) is 11.2 Å². The van der Waals surface area contributed by atoms with Crippen molar-refractivity contribution in [2.75, 3.05) is 0 Å². The predicted octanol–water partition coefficient (Wildman–Crippen LogP) is 0.273. The Morgan fingerprint density at radius 3 is 2.79 bits per heavy atom. The number of aromatic nitrogens is 1. The number of nitrogens with one attached hydrogen (secondary N) is 1. The monoisotopic (exact) mass is 186 g/mol. The molecule has 68 valence electrons. The number of pyridine rings is 1. The van der Waals surface area contributed by atoms with Crippen molar-refractivity contribution in [3.8, 4) is 6.07 Å². The minimum absolute atomic E-state index is 0.0868. The van der Waals surface area contributed by atoms with Crippen molar-refractivity contribution in [3.63, 3.8) is 0 Å². The minimum atomic E-state index is -0.258. The third-order valence-electron chi connectivity index (χ3n) is 2.10. The van der Waals surface area contributed by atoms with Crippen LogP contribution in [0.5, 0.6) is 0 Å². The van der Waals surface area contributed by atoms with E-state index < -0.39 is 0 Å². The van der Waals surface area contributed by atoms with E-state index in [0.29, 0.717) is 16.7 Å². The van der Waals surface area contributed by atoms with Gasteiger partial charge in [0.1, 0.15) is 6.07 Å². The van der Waals surface area contributed by atoms with Gasteiger partial charge in [-0.3, -0.25) is 4.79 Å². The van der Waals surface area contributed by atoms with Crippen LogP contribution in [0.25, 0.3) is 10.9 Å². The highest BCUT2D eigenvalue weighted by atomic mass is 16.1. The third kappa shape index (κ3) is 1.08. The number of rotatable bonds is 0. The molecule has 0 radical (unpaired) electrons. The molecule has 0 unspecified atom stereocenters. The van der Waals surface area contributed by atoms with Gasteiger partial charge in [-0.2, -0.15) is 5.26 Å². The van der Waals surface area contributed by atoms with E-state index in [0.717, 1.165) is 0 Å². The molecule has 0 spiro atoms. The van der Waals surface area contributed by atoms with Crippen LogP contribution in [0.2, 0.25) is 0 Å². The topological polar surface area (TPSA) is 84.3 Å². The van der Waals surface area contributed by atoms with Gasteiger partial charge in [0, 0.05) is 5.39 Å². The Morgan fingerprint density at radius 2 is 2.07 bits per heavy atom. The highest BCUT2D eigenvalue weighted by molar-refractivity contribution is 5.81. The molecule has 0 atom stereocenters. The molecular formula is C10H8N3O+. The first-order chi connectivity index (χ1) is 6.74. The number of hydrogen-bond donors (Lipinski definition) is 2. The van der Waals surface area contributed by atoms with E-state index in [1.807, 2.05) is 12.1 Å². The Labute approximate surface area is 79.6 Å². The average Bonchev–Trinajstić information content (AvgIpc) is 2.18. The maximum Gasteiger partial charge on any atom is 0.223 e. The summed E-state index contributed by atoms with van der Waals surface area (Å²) in [7, 11) is 0. The fourth-order valence-electron chi connectivity index (χ4n) is 1.41. The van der Waals surface area contributed by atoms with Gasteiger partial charge in [-0.25, -0.2) is 0 Å². The molecule has 0 saturated carbocycles. The number of nitriles is 1. The number of benzene rings is 1. The summed E-state index contributed by atoms with van der Waals surface area (Å²) in [5, 5.41) is 9.27. The summed E-state index contributed by atoms with van der Waals surface area (Å²) in [5.74, 6) is 0.371. The summed E-state index contributed by atoms with van der Waals surface area (Å²) in [6.45, 7) is 0. The fourth-order valence-corrected chi connectivity index (χ4v) is 1.41. The maximum absolute atomic E-state index is 11.7. The van der Waals surface area contributed by atoms with Crippen LogP contribution >= 0.6 is 0 Å². The average molecular weight is 186 g/mol.